The summed E-state index contributed by atoms with van der Waals surface area (Å²) in [5, 5.41) is 14.1. The van der Waals surface area contributed by atoms with E-state index in [1.165, 1.54) is 30.6 Å². The number of thioether (sulfide) groups is 2. The number of aromatic nitrogens is 1. The number of nitrogens with one attached hydrogen (secondary N) is 3. The molecule has 4 N–H and O–H groups in total. The Morgan fingerprint density at radius 2 is 1.20 bits per heavy atom. The number of methoxy groups -OCH3 is 2. The number of carbonyl (C=O) groups is 6. The van der Waals surface area contributed by atoms with Gasteiger partial charge in [-0.1, -0.05) is 125 Å². The van der Waals surface area contributed by atoms with E-state index in [-0.39, 0.29) is 105 Å². The molecular formula is C63H102N4O11S2. The van der Waals surface area contributed by atoms with Gasteiger partial charge in [0.1, 0.15) is 40.2 Å². The van der Waals surface area contributed by atoms with E-state index in [0.717, 1.165) is 25.7 Å². The first-order valence-corrected chi connectivity index (χ1v) is 31.4. The normalized spacial score (nSPS) is 24.4. The van der Waals surface area contributed by atoms with Crippen LogP contribution in [-0.4, -0.2) is 107 Å². The van der Waals surface area contributed by atoms with Crippen molar-refractivity contribution >= 4 is 76.9 Å². The first-order valence-electron chi connectivity index (χ1n) is 29.3. The zero-order chi connectivity index (χ0) is 60.6. The number of carbonyl (C=O) groups excluding carboxylic acids is 5. The number of amides is 2. The van der Waals surface area contributed by atoms with E-state index in [2.05, 4.69) is 113 Å². The smallest absolute Gasteiger partial charge is 0.342 e. The number of H-pyrrole nitrogens is 1. The molecular weight excluding hydrogens is 1050 g/mol. The molecule has 0 radical (unpaired) electrons. The van der Waals surface area contributed by atoms with Crippen LogP contribution in [0, 0.1) is 63.1 Å². The maximum Gasteiger partial charge on any atom is 0.342 e. The number of esters is 3. The van der Waals surface area contributed by atoms with E-state index in [1.807, 2.05) is 40.7 Å². The van der Waals surface area contributed by atoms with Gasteiger partial charge < -0.3 is 39.7 Å². The van der Waals surface area contributed by atoms with Gasteiger partial charge in [0, 0.05) is 48.6 Å². The molecule has 80 heavy (non-hydrogen) atoms. The number of aromatic amines is 1. The van der Waals surface area contributed by atoms with E-state index in [9.17, 15) is 24.3 Å². The highest BCUT2D eigenvalue weighted by atomic mass is 32.2. The van der Waals surface area contributed by atoms with Gasteiger partial charge in [-0.05, 0) is 114 Å². The number of carboxylic acids is 1. The fourth-order valence-electron chi connectivity index (χ4n) is 12.2. The maximum absolute atomic E-state index is 15.4. The van der Waals surface area contributed by atoms with Crippen LogP contribution in [0.25, 0.3) is 6.08 Å². The van der Waals surface area contributed by atoms with E-state index < -0.39 is 46.6 Å². The number of anilines is 1. The number of carboxylic acid groups (broad SMARTS) is 1. The molecule has 6 atom stereocenters. The second kappa shape index (κ2) is 28.5. The van der Waals surface area contributed by atoms with Crippen LogP contribution in [0.1, 0.15) is 210 Å². The number of unbranched alkanes of at least 4 members (excludes halogenated alkanes) is 1. The summed E-state index contributed by atoms with van der Waals surface area (Å²) in [6.45, 7) is 41.2. The Hall–Kier alpha value is -4.09. The molecule has 0 aromatic carbocycles. The van der Waals surface area contributed by atoms with Crippen molar-refractivity contribution in [3.63, 3.8) is 0 Å². The van der Waals surface area contributed by atoms with Crippen molar-refractivity contribution in [1.82, 2.24) is 10.3 Å². The molecule has 15 nitrogen and oxygen atoms in total. The molecule has 2 fully saturated rings. The average Bonchev–Trinajstić information content (AvgIpc) is 3.87. The number of rotatable bonds is 22. The second-order valence-corrected chi connectivity index (χ2v) is 30.8. The summed E-state index contributed by atoms with van der Waals surface area (Å²) in [6, 6.07) is 0. The number of ether oxygens (including phenoxy) is 4. The van der Waals surface area contributed by atoms with Crippen LogP contribution < -0.4 is 10.6 Å². The number of aliphatic carboxylic acids is 1. The zero-order valence-corrected chi connectivity index (χ0v) is 54.2. The first kappa shape index (κ1) is 68.4. The molecule has 0 bridgehead atoms. The molecule has 1 aliphatic heterocycles. The number of aliphatic imine (C=N–C) groups is 1. The minimum absolute atomic E-state index is 0.0430. The van der Waals surface area contributed by atoms with Crippen molar-refractivity contribution in [2.45, 2.75) is 212 Å². The third-order valence-corrected chi connectivity index (χ3v) is 18.9. The molecule has 2 amide bonds. The van der Waals surface area contributed by atoms with Gasteiger partial charge in [-0.2, -0.15) is 0 Å². The molecule has 2 aliphatic carbocycles. The van der Waals surface area contributed by atoms with Crippen LogP contribution in [-0.2, 0) is 42.9 Å². The standard InChI is InChI=1S/C63H102N4O11S2/c1-34(2)48-43(32-44-49(35(3)4)51(55(65-44)67-56(71)38(7)79-27-25-75-20)59(74)78-53-41(62(14,15)16)30-37(6)31-42(53)63(17,18)19)64-54(66-46(68)24-22-23-26-80-45(33-47(69)70)57(72)76-21)50(48)58(73)77-52-39(60(8,9)10)28-36(5)29-40(52)61(11,12)13/h32,34-42,45,52-53,64H,22-31,33H2,1-21H3,(H,66,68)(H,69,70)(H,65,67,71). The molecule has 2 saturated carbocycles. The lowest BCUT2D eigenvalue weighted by Gasteiger charge is -2.50. The van der Waals surface area contributed by atoms with Gasteiger partial charge in [0.15, 0.2) is 0 Å². The fourth-order valence-corrected chi connectivity index (χ4v) is 14.2. The van der Waals surface area contributed by atoms with E-state index in [1.54, 1.807) is 7.11 Å². The van der Waals surface area contributed by atoms with Crippen LogP contribution in [0.15, 0.2) is 21.8 Å². The Kier molecular flexibility index (Phi) is 24.3. The van der Waals surface area contributed by atoms with Gasteiger partial charge in [-0.3, -0.25) is 19.2 Å². The Morgan fingerprint density at radius 3 is 1.64 bits per heavy atom. The molecule has 3 aliphatic rings. The van der Waals surface area contributed by atoms with Crippen molar-refractivity contribution in [2.75, 3.05) is 37.6 Å². The van der Waals surface area contributed by atoms with Crippen molar-refractivity contribution in [2.24, 2.45) is 68.1 Å². The summed E-state index contributed by atoms with van der Waals surface area (Å²) >= 11 is 2.61. The number of nitrogens with zero attached hydrogens (tertiary/aromatic N) is 1. The topological polar surface area (TPSA) is 212 Å². The summed E-state index contributed by atoms with van der Waals surface area (Å²) in [5.74, 6) is -1.83. The highest BCUT2D eigenvalue weighted by Gasteiger charge is 2.51. The monoisotopic (exact) mass is 1150 g/mol. The number of hydrogen-bond acceptors (Lipinski definition) is 13. The summed E-state index contributed by atoms with van der Waals surface area (Å²) in [4.78, 5) is 91.4. The molecule has 2 heterocycles. The highest BCUT2D eigenvalue weighted by molar-refractivity contribution is 8.00. The summed E-state index contributed by atoms with van der Waals surface area (Å²) in [6.07, 6.45) is 5.14. The maximum atomic E-state index is 15.4. The Balaban J connectivity index is 1.95. The van der Waals surface area contributed by atoms with Crippen molar-refractivity contribution < 1.29 is 52.8 Å². The molecule has 17 heteroatoms. The Labute approximate surface area is 488 Å². The van der Waals surface area contributed by atoms with E-state index >= 15 is 9.59 Å². The molecule has 1 aromatic heterocycles. The minimum atomic E-state index is -1.11. The number of amidine groups is 1. The summed E-state index contributed by atoms with van der Waals surface area (Å²) in [7, 11) is 2.84. The molecule has 6 unspecified atom stereocenters. The molecule has 452 valence electrons. The minimum Gasteiger partial charge on any atom is -0.481 e. The quantitative estimate of drug-likeness (QED) is 0.0484. The van der Waals surface area contributed by atoms with Crippen molar-refractivity contribution in [3.05, 3.63) is 33.7 Å². The molecule has 0 spiro atoms. The Bertz CT molecular complexity index is 2400. The van der Waals surface area contributed by atoms with E-state index in [4.69, 9.17) is 23.9 Å². The zero-order valence-electron chi connectivity index (χ0n) is 52.6. The van der Waals surface area contributed by atoms with Gasteiger partial charge in [0.25, 0.3) is 0 Å². The third-order valence-electron chi connectivity index (χ3n) is 16.5. The summed E-state index contributed by atoms with van der Waals surface area (Å²) in [5.41, 5.74) is 1.67. The van der Waals surface area contributed by atoms with Gasteiger partial charge >= 0.3 is 23.9 Å². The van der Waals surface area contributed by atoms with Gasteiger partial charge in [0.05, 0.1) is 31.1 Å². The van der Waals surface area contributed by atoms with Crippen molar-refractivity contribution in [1.29, 1.82) is 0 Å². The van der Waals surface area contributed by atoms with Crippen LogP contribution in [0.4, 0.5) is 5.82 Å². The van der Waals surface area contributed by atoms with Gasteiger partial charge in [0.2, 0.25) is 11.8 Å². The van der Waals surface area contributed by atoms with Crippen LogP contribution in [0.3, 0.4) is 0 Å². The highest BCUT2D eigenvalue weighted by Crippen LogP contribution is 2.52. The fraction of sp³-hybridized carbons (Fsp3) is 0.762. The van der Waals surface area contributed by atoms with Crippen LogP contribution in [0.2, 0.25) is 0 Å². The lowest BCUT2D eigenvalue weighted by Crippen LogP contribution is -2.50. The van der Waals surface area contributed by atoms with Gasteiger partial charge in [-0.15, -0.1) is 23.5 Å². The molecule has 0 saturated heterocycles. The predicted octanol–water partition coefficient (Wildman–Crippen LogP) is 13.5. The van der Waals surface area contributed by atoms with Crippen LogP contribution >= 0.6 is 23.5 Å². The first-order chi connectivity index (χ1) is 36.9. The lowest BCUT2D eigenvalue weighted by atomic mass is 9.59. The lowest BCUT2D eigenvalue weighted by molar-refractivity contribution is -0.164. The average molecular weight is 1160 g/mol. The number of allylic oxidation sites excluding steroid dienone is 1. The predicted molar refractivity (Wildman–Crippen MR) is 325 cm³/mol. The van der Waals surface area contributed by atoms with Crippen molar-refractivity contribution in [3.8, 4) is 0 Å². The molecule has 1 aromatic rings. The number of hydrogen-bond donors (Lipinski definition) is 4. The third kappa shape index (κ3) is 18.2. The van der Waals surface area contributed by atoms with Gasteiger partial charge in [-0.25, -0.2) is 14.6 Å². The van der Waals surface area contributed by atoms with E-state index in [0.29, 0.717) is 65.3 Å². The van der Waals surface area contributed by atoms with Crippen LogP contribution in [0.5, 0.6) is 0 Å². The molecule has 4 rings (SSSR count). The largest absolute Gasteiger partial charge is 0.481 e. The SMILES string of the molecule is COCCSC(C)C(=O)NC1=NC(=Cc2[nH]c(NC(=O)CCCCSC(CC(=O)O)C(=O)OC)c(C(=O)OC3C(C(C)(C)C)CC(C)CC3C(C)(C)C)c2C(C)C)C(C(C)C)=C1C(=O)OC1C(C(C)(C)C)CC(C)CC1C(C)(C)C. The summed E-state index contributed by atoms with van der Waals surface area (Å²) < 4.78 is 23.9. The Morgan fingerprint density at radius 1 is 0.700 bits per heavy atom. The second-order valence-electron chi connectivity index (χ2n) is 28.1.